The fourth-order valence-electron chi connectivity index (χ4n) is 2.30. The molecule has 102 valence electrons. The molecule has 0 saturated heterocycles. The third-order valence-electron chi connectivity index (χ3n) is 3.33. The van der Waals surface area contributed by atoms with Crippen LogP contribution in [0.25, 0.3) is 0 Å². The lowest BCUT2D eigenvalue weighted by atomic mass is 9.79. The standard InChI is InChI=1S/C17H28O/c1-12-9-10-13(16(2,3)4)15(18-8)14(11-12)17(5,6)7/h10-11H,9H2,1-8H3. The third kappa shape index (κ3) is 3.28. The molecule has 0 atom stereocenters. The van der Waals surface area contributed by atoms with Gasteiger partial charge in [0.15, 0.2) is 0 Å². The molecular formula is C17H28O. The van der Waals surface area contributed by atoms with Gasteiger partial charge in [0.25, 0.3) is 0 Å². The summed E-state index contributed by atoms with van der Waals surface area (Å²) in [5, 5.41) is 0. The molecule has 0 saturated carbocycles. The minimum Gasteiger partial charge on any atom is -0.496 e. The van der Waals surface area contributed by atoms with Gasteiger partial charge in [0, 0.05) is 0 Å². The van der Waals surface area contributed by atoms with Crippen molar-refractivity contribution in [2.75, 3.05) is 7.11 Å². The van der Waals surface area contributed by atoms with Gasteiger partial charge in [0.05, 0.1) is 7.11 Å². The maximum Gasteiger partial charge on any atom is 0.125 e. The first-order chi connectivity index (χ1) is 8.07. The first-order valence-electron chi connectivity index (χ1n) is 6.74. The second kappa shape index (κ2) is 4.95. The van der Waals surface area contributed by atoms with Crippen LogP contribution in [0.2, 0.25) is 0 Å². The second-order valence-corrected chi connectivity index (χ2v) is 7.26. The molecule has 1 aliphatic rings. The summed E-state index contributed by atoms with van der Waals surface area (Å²) in [5.41, 5.74) is 4.24. The van der Waals surface area contributed by atoms with Crippen LogP contribution in [-0.2, 0) is 4.74 Å². The van der Waals surface area contributed by atoms with Crippen LogP contribution in [0, 0.1) is 10.8 Å². The van der Waals surface area contributed by atoms with Crippen molar-refractivity contribution in [1.82, 2.24) is 0 Å². The highest BCUT2D eigenvalue weighted by atomic mass is 16.5. The van der Waals surface area contributed by atoms with Crippen LogP contribution in [0.3, 0.4) is 0 Å². The first kappa shape index (κ1) is 15.1. The molecule has 0 N–H and O–H groups in total. The Hall–Kier alpha value is -0.980. The maximum absolute atomic E-state index is 5.76. The molecule has 0 aliphatic heterocycles. The summed E-state index contributed by atoms with van der Waals surface area (Å²) < 4.78 is 5.76. The Labute approximate surface area is 113 Å². The zero-order valence-electron chi connectivity index (χ0n) is 13.3. The van der Waals surface area contributed by atoms with Gasteiger partial charge in [-0.1, -0.05) is 59.3 Å². The molecule has 0 heterocycles. The SMILES string of the molecule is COC1=C(C(C)(C)C)C=C(C)CC=C1C(C)(C)C. The Morgan fingerprint density at radius 3 is 1.94 bits per heavy atom. The molecule has 0 fully saturated rings. The van der Waals surface area contributed by atoms with Crippen LogP contribution in [0.4, 0.5) is 0 Å². The van der Waals surface area contributed by atoms with E-state index in [0.29, 0.717) is 0 Å². The van der Waals surface area contributed by atoms with Crippen LogP contribution < -0.4 is 0 Å². The summed E-state index contributed by atoms with van der Waals surface area (Å²) in [7, 11) is 1.79. The summed E-state index contributed by atoms with van der Waals surface area (Å²) in [5.74, 6) is 1.06. The molecule has 0 spiro atoms. The van der Waals surface area contributed by atoms with Gasteiger partial charge in [0.2, 0.25) is 0 Å². The van der Waals surface area contributed by atoms with Gasteiger partial charge in [-0.2, -0.15) is 0 Å². The fourth-order valence-corrected chi connectivity index (χ4v) is 2.30. The van der Waals surface area contributed by atoms with E-state index in [1.54, 1.807) is 7.11 Å². The summed E-state index contributed by atoms with van der Waals surface area (Å²) in [4.78, 5) is 0. The van der Waals surface area contributed by atoms with E-state index in [-0.39, 0.29) is 10.8 Å². The summed E-state index contributed by atoms with van der Waals surface area (Å²) in [6, 6.07) is 0. The Balaban J connectivity index is 3.50. The topological polar surface area (TPSA) is 9.23 Å². The van der Waals surface area contributed by atoms with Crippen molar-refractivity contribution >= 4 is 0 Å². The molecule has 0 aromatic carbocycles. The lowest BCUT2D eigenvalue weighted by molar-refractivity contribution is 0.269. The van der Waals surface area contributed by atoms with Gasteiger partial charge in [-0.15, -0.1) is 0 Å². The lowest BCUT2D eigenvalue weighted by Gasteiger charge is -2.29. The smallest absolute Gasteiger partial charge is 0.125 e. The zero-order chi connectivity index (χ0) is 14.1. The molecule has 1 nitrogen and oxygen atoms in total. The average Bonchev–Trinajstić information content (AvgIpc) is 2.34. The highest BCUT2D eigenvalue weighted by molar-refractivity contribution is 5.45. The molecule has 0 aromatic rings. The molecule has 1 heteroatoms. The number of ether oxygens (including phenoxy) is 1. The minimum atomic E-state index is 0.0985. The van der Waals surface area contributed by atoms with Crippen molar-refractivity contribution in [2.24, 2.45) is 10.8 Å². The molecule has 0 amide bonds. The predicted octanol–water partition coefficient (Wildman–Crippen LogP) is 5.26. The molecular weight excluding hydrogens is 220 g/mol. The predicted molar refractivity (Wildman–Crippen MR) is 79.4 cm³/mol. The lowest BCUT2D eigenvalue weighted by Crippen LogP contribution is -2.18. The molecule has 0 bridgehead atoms. The Kier molecular flexibility index (Phi) is 4.15. The van der Waals surface area contributed by atoms with Crippen molar-refractivity contribution in [3.8, 4) is 0 Å². The van der Waals surface area contributed by atoms with E-state index in [4.69, 9.17) is 4.74 Å². The third-order valence-corrected chi connectivity index (χ3v) is 3.33. The number of hydrogen-bond donors (Lipinski definition) is 0. The zero-order valence-corrected chi connectivity index (χ0v) is 13.3. The van der Waals surface area contributed by atoms with Gasteiger partial charge >= 0.3 is 0 Å². The van der Waals surface area contributed by atoms with Crippen LogP contribution in [0.15, 0.2) is 34.6 Å². The van der Waals surface area contributed by atoms with E-state index in [1.165, 1.54) is 16.7 Å². The van der Waals surface area contributed by atoms with E-state index in [9.17, 15) is 0 Å². The Bertz CT molecular complexity index is 406. The van der Waals surface area contributed by atoms with Gasteiger partial charge in [-0.25, -0.2) is 0 Å². The van der Waals surface area contributed by atoms with Gasteiger partial charge < -0.3 is 4.74 Å². The van der Waals surface area contributed by atoms with Crippen LogP contribution in [0.5, 0.6) is 0 Å². The van der Waals surface area contributed by atoms with Crippen molar-refractivity contribution in [2.45, 2.75) is 54.9 Å². The normalized spacial score (nSPS) is 18.2. The maximum atomic E-state index is 5.76. The van der Waals surface area contributed by atoms with Crippen molar-refractivity contribution in [3.05, 3.63) is 34.6 Å². The van der Waals surface area contributed by atoms with Crippen LogP contribution >= 0.6 is 0 Å². The molecule has 0 unspecified atom stereocenters. The highest BCUT2D eigenvalue weighted by Crippen LogP contribution is 2.41. The number of methoxy groups -OCH3 is 1. The van der Waals surface area contributed by atoms with Crippen molar-refractivity contribution in [1.29, 1.82) is 0 Å². The minimum absolute atomic E-state index is 0.0985. The second-order valence-electron chi connectivity index (χ2n) is 7.26. The van der Waals surface area contributed by atoms with E-state index in [1.807, 2.05) is 0 Å². The summed E-state index contributed by atoms with van der Waals surface area (Å²) >= 11 is 0. The first-order valence-corrected chi connectivity index (χ1v) is 6.74. The molecule has 1 rings (SSSR count). The van der Waals surface area contributed by atoms with E-state index < -0.39 is 0 Å². The van der Waals surface area contributed by atoms with Crippen molar-refractivity contribution in [3.63, 3.8) is 0 Å². The summed E-state index contributed by atoms with van der Waals surface area (Å²) in [6.07, 6.45) is 5.64. The van der Waals surface area contributed by atoms with Crippen LogP contribution in [0.1, 0.15) is 54.9 Å². The number of rotatable bonds is 1. The quantitative estimate of drug-likeness (QED) is 0.615. The fraction of sp³-hybridized carbons (Fsp3) is 0.647. The van der Waals surface area contributed by atoms with E-state index in [0.717, 1.165) is 12.2 Å². The average molecular weight is 248 g/mol. The number of allylic oxidation sites excluding steroid dienone is 5. The van der Waals surface area contributed by atoms with E-state index in [2.05, 4.69) is 60.6 Å². The summed E-state index contributed by atoms with van der Waals surface area (Å²) in [6.45, 7) is 15.7. The molecule has 18 heavy (non-hydrogen) atoms. The molecule has 0 radical (unpaired) electrons. The highest BCUT2D eigenvalue weighted by Gasteiger charge is 2.29. The Morgan fingerprint density at radius 1 is 1.00 bits per heavy atom. The van der Waals surface area contributed by atoms with Gasteiger partial charge in [-0.3, -0.25) is 0 Å². The Morgan fingerprint density at radius 2 is 1.56 bits per heavy atom. The van der Waals surface area contributed by atoms with E-state index >= 15 is 0 Å². The van der Waals surface area contributed by atoms with Crippen LogP contribution in [-0.4, -0.2) is 7.11 Å². The largest absolute Gasteiger partial charge is 0.496 e. The van der Waals surface area contributed by atoms with Gasteiger partial charge in [-0.05, 0) is 35.3 Å². The monoisotopic (exact) mass is 248 g/mol. The molecule has 0 aromatic heterocycles. The number of hydrogen-bond acceptors (Lipinski definition) is 1. The van der Waals surface area contributed by atoms with Gasteiger partial charge in [0.1, 0.15) is 5.76 Å². The van der Waals surface area contributed by atoms with Crippen molar-refractivity contribution < 1.29 is 4.74 Å². The molecule has 1 aliphatic carbocycles.